The van der Waals surface area contributed by atoms with Gasteiger partial charge in [0.1, 0.15) is 0 Å². The Morgan fingerprint density at radius 3 is 3.00 bits per heavy atom. The zero-order valence-electron chi connectivity index (χ0n) is 6.39. The van der Waals surface area contributed by atoms with E-state index in [2.05, 4.69) is 11.1 Å². The van der Waals surface area contributed by atoms with Gasteiger partial charge >= 0.3 is 5.69 Å². The smallest absolute Gasteiger partial charge is 0.304 e. The molecule has 3 nitrogen and oxygen atoms in total. The standard InChI is InChI=1S/C8H6ClN2O/c1-11-6-4-2-3-5(9)7(6)10-8(11)12/h3-4H,1H3,(H,10,12). The van der Waals surface area contributed by atoms with Gasteiger partial charge in [0.15, 0.2) is 0 Å². The summed E-state index contributed by atoms with van der Waals surface area (Å²) in [6.45, 7) is 0. The van der Waals surface area contributed by atoms with Crippen LogP contribution in [0.15, 0.2) is 16.9 Å². The third-order valence-electron chi connectivity index (χ3n) is 1.82. The third kappa shape index (κ3) is 0.865. The van der Waals surface area contributed by atoms with Crippen molar-refractivity contribution in [2.75, 3.05) is 0 Å². The van der Waals surface area contributed by atoms with Crippen LogP contribution in [-0.4, -0.2) is 9.55 Å². The lowest BCUT2D eigenvalue weighted by atomic mass is 10.3. The molecule has 0 saturated carbocycles. The Bertz CT molecular complexity index is 483. The van der Waals surface area contributed by atoms with Crippen molar-refractivity contribution in [3.8, 4) is 0 Å². The Morgan fingerprint density at radius 2 is 2.33 bits per heavy atom. The fourth-order valence-electron chi connectivity index (χ4n) is 1.15. The van der Waals surface area contributed by atoms with Gasteiger partial charge in [-0.15, -0.1) is 0 Å². The number of hydrogen-bond acceptors (Lipinski definition) is 1. The highest BCUT2D eigenvalue weighted by Gasteiger charge is 2.04. The summed E-state index contributed by atoms with van der Waals surface area (Å²) in [5.41, 5.74) is 1.28. The van der Waals surface area contributed by atoms with E-state index in [-0.39, 0.29) is 5.69 Å². The molecule has 0 spiro atoms. The van der Waals surface area contributed by atoms with E-state index in [1.165, 1.54) is 4.57 Å². The molecule has 0 atom stereocenters. The molecule has 0 aliphatic rings. The minimum Gasteiger partial charge on any atom is -0.304 e. The molecule has 61 valence electrons. The summed E-state index contributed by atoms with van der Waals surface area (Å²) in [7, 11) is 1.69. The predicted octanol–water partition coefficient (Wildman–Crippen LogP) is 1.32. The summed E-state index contributed by atoms with van der Waals surface area (Å²) < 4.78 is 1.50. The van der Waals surface area contributed by atoms with Crippen LogP contribution in [-0.2, 0) is 7.05 Å². The normalized spacial score (nSPS) is 10.8. The van der Waals surface area contributed by atoms with Gasteiger partial charge in [0, 0.05) is 7.05 Å². The molecule has 0 aliphatic heterocycles. The van der Waals surface area contributed by atoms with Gasteiger partial charge in [0.25, 0.3) is 0 Å². The van der Waals surface area contributed by atoms with Crippen molar-refractivity contribution in [1.82, 2.24) is 9.55 Å². The van der Waals surface area contributed by atoms with E-state index in [4.69, 9.17) is 11.6 Å². The van der Waals surface area contributed by atoms with Crippen LogP contribution >= 0.6 is 11.6 Å². The number of aryl methyl sites for hydroxylation is 1. The number of imidazole rings is 1. The Balaban J connectivity index is 3.05. The maximum absolute atomic E-state index is 11.1. The number of fused-ring (bicyclic) bond motifs is 1. The molecule has 0 amide bonds. The maximum Gasteiger partial charge on any atom is 0.326 e. The van der Waals surface area contributed by atoms with Crippen molar-refractivity contribution in [3.05, 3.63) is 33.7 Å². The van der Waals surface area contributed by atoms with E-state index in [9.17, 15) is 4.79 Å². The van der Waals surface area contributed by atoms with Crippen molar-refractivity contribution in [1.29, 1.82) is 0 Å². The Morgan fingerprint density at radius 1 is 1.58 bits per heavy atom. The van der Waals surface area contributed by atoms with E-state index in [0.717, 1.165) is 5.52 Å². The van der Waals surface area contributed by atoms with Gasteiger partial charge in [0.05, 0.1) is 16.1 Å². The van der Waals surface area contributed by atoms with Crippen molar-refractivity contribution in [2.24, 2.45) is 7.05 Å². The number of hydrogen-bond donors (Lipinski definition) is 1. The van der Waals surface area contributed by atoms with Crippen LogP contribution in [0.4, 0.5) is 0 Å². The molecular formula is C8H6ClN2O. The third-order valence-corrected chi connectivity index (χ3v) is 2.12. The highest BCUT2D eigenvalue weighted by Crippen LogP contribution is 2.18. The van der Waals surface area contributed by atoms with Crippen LogP contribution in [0.25, 0.3) is 11.0 Å². The van der Waals surface area contributed by atoms with Gasteiger partial charge < -0.3 is 4.98 Å². The molecule has 2 rings (SSSR count). The molecule has 12 heavy (non-hydrogen) atoms. The van der Waals surface area contributed by atoms with Gasteiger partial charge in [-0.1, -0.05) is 11.6 Å². The molecule has 4 heteroatoms. The summed E-state index contributed by atoms with van der Waals surface area (Å²) >= 11 is 5.83. The van der Waals surface area contributed by atoms with E-state index in [1.807, 2.05) is 0 Å². The van der Waals surface area contributed by atoms with Gasteiger partial charge in [-0.3, -0.25) is 4.57 Å². The van der Waals surface area contributed by atoms with Crippen molar-refractivity contribution in [2.45, 2.75) is 0 Å². The summed E-state index contributed by atoms with van der Waals surface area (Å²) in [6, 6.07) is 6.19. The Kier molecular flexibility index (Phi) is 1.48. The quantitative estimate of drug-likeness (QED) is 0.654. The second-order valence-electron chi connectivity index (χ2n) is 2.55. The summed E-state index contributed by atoms with van der Waals surface area (Å²) in [5, 5.41) is 0.519. The van der Waals surface area contributed by atoms with Crippen LogP contribution in [0, 0.1) is 6.07 Å². The number of halogens is 1. The van der Waals surface area contributed by atoms with Gasteiger partial charge in [-0.2, -0.15) is 0 Å². The monoisotopic (exact) mass is 181 g/mol. The second kappa shape index (κ2) is 2.38. The molecule has 1 N–H and O–H groups in total. The van der Waals surface area contributed by atoms with Crippen LogP contribution in [0.3, 0.4) is 0 Å². The fourth-order valence-corrected chi connectivity index (χ4v) is 1.36. The number of H-pyrrole nitrogens is 1. The Labute approximate surface area is 73.6 Å². The number of rotatable bonds is 0. The lowest BCUT2D eigenvalue weighted by Crippen LogP contribution is -2.11. The molecule has 0 saturated heterocycles. The van der Waals surface area contributed by atoms with Crippen LogP contribution in [0.2, 0.25) is 5.02 Å². The fraction of sp³-hybridized carbons (Fsp3) is 0.125. The number of aromatic nitrogens is 2. The molecule has 0 aliphatic carbocycles. The van der Waals surface area contributed by atoms with Crippen molar-refractivity contribution in [3.63, 3.8) is 0 Å². The molecular weight excluding hydrogens is 176 g/mol. The number of nitrogens with zero attached hydrogens (tertiary/aromatic N) is 1. The van der Waals surface area contributed by atoms with E-state index >= 15 is 0 Å². The molecule has 1 radical (unpaired) electrons. The van der Waals surface area contributed by atoms with Crippen LogP contribution in [0.1, 0.15) is 0 Å². The molecule has 0 fully saturated rings. The zero-order valence-corrected chi connectivity index (χ0v) is 7.14. The van der Waals surface area contributed by atoms with Gasteiger partial charge in [-0.05, 0) is 18.2 Å². The predicted molar refractivity (Wildman–Crippen MR) is 47.4 cm³/mol. The molecule has 0 bridgehead atoms. The second-order valence-corrected chi connectivity index (χ2v) is 2.96. The molecule has 2 aromatic rings. The molecule has 1 heterocycles. The number of aromatic amines is 1. The SMILES string of the molecule is Cn1c(=O)[nH]c2c(Cl)c[c]cc21. The zero-order chi connectivity index (χ0) is 8.72. The lowest BCUT2D eigenvalue weighted by Gasteiger charge is -1.92. The summed E-state index contributed by atoms with van der Waals surface area (Å²) in [4.78, 5) is 13.8. The average Bonchev–Trinajstić information content (AvgIpc) is 2.32. The Hall–Kier alpha value is -1.22. The van der Waals surface area contributed by atoms with E-state index < -0.39 is 0 Å². The average molecular weight is 182 g/mol. The number of benzene rings is 1. The van der Waals surface area contributed by atoms with Crippen LogP contribution in [0.5, 0.6) is 0 Å². The molecule has 0 unspecified atom stereocenters. The largest absolute Gasteiger partial charge is 0.326 e. The van der Waals surface area contributed by atoms with Gasteiger partial charge in [0.2, 0.25) is 0 Å². The maximum atomic E-state index is 11.1. The highest BCUT2D eigenvalue weighted by molar-refractivity contribution is 6.34. The lowest BCUT2D eigenvalue weighted by molar-refractivity contribution is 0.891. The first-order valence-electron chi connectivity index (χ1n) is 3.44. The first-order chi connectivity index (χ1) is 5.70. The topological polar surface area (TPSA) is 37.8 Å². The molecule has 1 aromatic carbocycles. The van der Waals surface area contributed by atoms with Gasteiger partial charge in [-0.25, -0.2) is 4.79 Å². The minimum atomic E-state index is -0.161. The van der Waals surface area contributed by atoms with Crippen molar-refractivity contribution >= 4 is 22.6 Å². The van der Waals surface area contributed by atoms with Crippen LogP contribution < -0.4 is 5.69 Å². The van der Waals surface area contributed by atoms with E-state index in [0.29, 0.717) is 10.5 Å². The molecule has 1 aromatic heterocycles. The number of nitrogens with one attached hydrogen (secondary N) is 1. The summed E-state index contributed by atoms with van der Waals surface area (Å²) in [5.74, 6) is 0. The minimum absolute atomic E-state index is 0.161. The first kappa shape index (κ1) is 7.43. The highest BCUT2D eigenvalue weighted by atomic mass is 35.5. The summed E-state index contributed by atoms with van der Waals surface area (Å²) in [6.07, 6.45) is 0. The van der Waals surface area contributed by atoms with Crippen molar-refractivity contribution < 1.29 is 0 Å². The van der Waals surface area contributed by atoms with E-state index in [1.54, 1.807) is 19.2 Å². The first-order valence-corrected chi connectivity index (χ1v) is 3.82.